The van der Waals surface area contributed by atoms with E-state index in [4.69, 9.17) is 0 Å². The molecule has 1 heterocycles. The van der Waals surface area contributed by atoms with Crippen molar-refractivity contribution in [2.75, 3.05) is 11.1 Å². The second-order valence-electron chi connectivity index (χ2n) is 6.23. The lowest BCUT2D eigenvalue weighted by atomic mass is 10.1. The highest BCUT2D eigenvalue weighted by Crippen LogP contribution is 2.29. The van der Waals surface area contributed by atoms with Gasteiger partial charge in [0.25, 0.3) is 0 Å². The fraction of sp³-hybridized carbons (Fsp3) is 0.263. The number of amides is 1. The maximum atomic E-state index is 12.2. The Balaban J connectivity index is 1.59. The molecule has 5 nitrogen and oxygen atoms in total. The Hall–Kier alpha value is -2.25. The van der Waals surface area contributed by atoms with E-state index >= 15 is 0 Å². The standard InChI is InChI=1S/C19H20N2O3S2/c1-13-11-14(2)18-16(12-13)20-19(25-18)21-17(22)9-6-10-26(23,24)15-7-4-3-5-8-15/h3-5,7-8,11-12H,6,9-10H2,1-2H3,(H,20,21,22). The molecule has 2 aromatic carbocycles. The molecule has 1 N–H and O–H groups in total. The second kappa shape index (κ2) is 7.55. The van der Waals surface area contributed by atoms with E-state index in [-0.39, 0.29) is 29.4 Å². The number of fused-ring (bicyclic) bond motifs is 1. The minimum atomic E-state index is -3.35. The van der Waals surface area contributed by atoms with Crippen molar-refractivity contribution >= 4 is 42.4 Å². The predicted octanol–water partition coefficient (Wildman–Crippen LogP) is 4.11. The van der Waals surface area contributed by atoms with E-state index in [2.05, 4.69) is 16.4 Å². The molecule has 136 valence electrons. The van der Waals surface area contributed by atoms with Crippen molar-refractivity contribution in [1.29, 1.82) is 0 Å². The van der Waals surface area contributed by atoms with Crippen LogP contribution in [-0.4, -0.2) is 25.1 Å². The Kier molecular flexibility index (Phi) is 5.38. The Morgan fingerprint density at radius 3 is 2.62 bits per heavy atom. The molecule has 0 bridgehead atoms. The third kappa shape index (κ3) is 4.28. The summed E-state index contributed by atoms with van der Waals surface area (Å²) in [5.74, 6) is -0.274. The average molecular weight is 389 g/mol. The third-order valence-electron chi connectivity index (χ3n) is 3.99. The molecule has 0 spiro atoms. The molecule has 0 saturated heterocycles. The quantitative estimate of drug-likeness (QED) is 0.689. The van der Waals surface area contributed by atoms with Gasteiger partial charge in [-0.25, -0.2) is 13.4 Å². The van der Waals surface area contributed by atoms with Gasteiger partial charge < -0.3 is 5.32 Å². The van der Waals surface area contributed by atoms with Gasteiger partial charge in [-0.2, -0.15) is 0 Å². The van der Waals surface area contributed by atoms with Crippen LogP contribution in [0.4, 0.5) is 5.13 Å². The van der Waals surface area contributed by atoms with E-state index in [9.17, 15) is 13.2 Å². The number of hydrogen-bond donors (Lipinski definition) is 1. The van der Waals surface area contributed by atoms with Gasteiger partial charge in [-0.3, -0.25) is 4.79 Å². The number of nitrogens with one attached hydrogen (secondary N) is 1. The van der Waals surface area contributed by atoms with Gasteiger partial charge >= 0.3 is 0 Å². The summed E-state index contributed by atoms with van der Waals surface area (Å²) in [6.45, 7) is 4.03. The Morgan fingerprint density at radius 2 is 1.88 bits per heavy atom. The first-order valence-electron chi connectivity index (χ1n) is 8.30. The van der Waals surface area contributed by atoms with Gasteiger partial charge in [0.05, 0.1) is 20.9 Å². The summed E-state index contributed by atoms with van der Waals surface area (Å²) in [4.78, 5) is 16.9. The molecule has 0 aliphatic heterocycles. The van der Waals surface area contributed by atoms with Crippen LogP contribution in [0, 0.1) is 13.8 Å². The molecular weight excluding hydrogens is 368 g/mol. The summed E-state index contributed by atoms with van der Waals surface area (Å²) in [5.41, 5.74) is 3.13. The van der Waals surface area contributed by atoms with Gasteiger partial charge in [0.2, 0.25) is 5.91 Å². The van der Waals surface area contributed by atoms with Crippen LogP contribution in [0.1, 0.15) is 24.0 Å². The minimum absolute atomic E-state index is 0.0530. The minimum Gasteiger partial charge on any atom is -0.302 e. The van der Waals surface area contributed by atoms with Crippen molar-refractivity contribution in [1.82, 2.24) is 4.98 Å². The van der Waals surface area contributed by atoms with E-state index in [0.29, 0.717) is 5.13 Å². The van der Waals surface area contributed by atoms with E-state index < -0.39 is 9.84 Å². The Morgan fingerprint density at radius 1 is 1.15 bits per heavy atom. The van der Waals surface area contributed by atoms with Crippen LogP contribution in [-0.2, 0) is 14.6 Å². The molecule has 0 unspecified atom stereocenters. The number of thiazole rings is 1. The molecular formula is C19H20N2O3S2. The summed E-state index contributed by atoms with van der Waals surface area (Å²) < 4.78 is 25.5. The lowest BCUT2D eigenvalue weighted by Crippen LogP contribution is -2.14. The number of carbonyl (C=O) groups is 1. The van der Waals surface area contributed by atoms with Crippen molar-refractivity contribution in [3.63, 3.8) is 0 Å². The molecule has 1 aromatic heterocycles. The molecule has 0 radical (unpaired) electrons. The van der Waals surface area contributed by atoms with Gasteiger partial charge in [0.1, 0.15) is 0 Å². The average Bonchev–Trinajstić information content (AvgIpc) is 2.98. The summed E-state index contributed by atoms with van der Waals surface area (Å²) in [5, 5.41) is 3.32. The zero-order valence-electron chi connectivity index (χ0n) is 14.7. The molecule has 1 amide bonds. The van der Waals surface area contributed by atoms with E-state index in [1.54, 1.807) is 30.3 Å². The number of hydrogen-bond acceptors (Lipinski definition) is 5. The highest BCUT2D eigenvalue weighted by molar-refractivity contribution is 7.91. The first kappa shape index (κ1) is 18.5. The molecule has 0 aliphatic carbocycles. The normalized spacial score (nSPS) is 11.6. The van der Waals surface area contributed by atoms with Gasteiger partial charge in [-0.1, -0.05) is 35.6 Å². The van der Waals surface area contributed by atoms with Crippen LogP contribution in [0.2, 0.25) is 0 Å². The summed E-state index contributed by atoms with van der Waals surface area (Å²) >= 11 is 1.44. The van der Waals surface area contributed by atoms with E-state index in [1.165, 1.54) is 11.3 Å². The Bertz CT molecular complexity index is 1040. The van der Waals surface area contributed by atoms with Crippen LogP contribution >= 0.6 is 11.3 Å². The molecule has 26 heavy (non-hydrogen) atoms. The number of aryl methyl sites for hydroxylation is 2. The molecule has 0 fully saturated rings. The number of rotatable bonds is 6. The van der Waals surface area contributed by atoms with Crippen LogP contribution < -0.4 is 5.32 Å². The smallest absolute Gasteiger partial charge is 0.226 e. The predicted molar refractivity (Wildman–Crippen MR) is 105 cm³/mol. The number of sulfone groups is 1. The van der Waals surface area contributed by atoms with Gasteiger partial charge in [0.15, 0.2) is 15.0 Å². The highest BCUT2D eigenvalue weighted by Gasteiger charge is 2.15. The van der Waals surface area contributed by atoms with Crippen LogP contribution in [0.15, 0.2) is 47.4 Å². The summed E-state index contributed by atoms with van der Waals surface area (Å²) in [6, 6.07) is 12.4. The van der Waals surface area contributed by atoms with E-state index in [1.807, 2.05) is 19.9 Å². The summed E-state index contributed by atoms with van der Waals surface area (Å²) in [7, 11) is -3.35. The fourth-order valence-electron chi connectivity index (χ4n) is 2.78. The molecule has 3 aromatic rings. The number of benzene rings is 2. The number of nitrogens with zero attached hydrogens (tertiary/aromatic N) is 1. The van der Waals surface area contributed by atoms with Gasteiger partial charge in [-0.05, 0) is 49.6 Å². The van der Waals surface area contributed by atoms with Crippen molar-refractivity contribution < 1.29 is 13.2 Å². The lowest BCUT2D eigenvalue weighted by molar-refractivity contribution is -0.116. The maximum absolute atomic E-state index is 12.2. The van der Waals surface area contributed by atoms with Crippen molar-refractivity contribution in [3.8, 4) is 0 Å². The fourth-order valence-corrected chi connectivity index (χ4v) is 5.04. The monoisotopic (exact) mass is 388 g/mol. The van der Waals surface area contributed by atoms with E-state index in [0.717, 1.165) is 21.3 Å². The van der Waals surface area contributed by atoms with Crippen LogP contribution in [0.25, 0.3) is 10.2 Å². The molecule has 0 aliphatic rings. The molecule has 7 heteroatoms. The molecule has 3 rings (SSSR count). The summed E-state index contributed by atoms with van der Waals surface area (Å²) in [6.07, 6.45) is 0.409. The highest BCUT2D eigenvalue weighted by atomic mass is 32.2. The van der Waals surface area contributed by atoms with Crippen molar-refractivity contribution in [3.05, 3.63) is 53.6 Å². The van der Waals surface area contributed by atoms with Crippen molar-refractivity contribution in [2.45, 2.75) is 31.6 Å². The molecule has 0 atom stereocenters. The zero-order chi connectivity index (χ0) is 18.7. The van der Waals surface area contributed by atoms with Crippen molar-refractivity contribution in [2.24, 2.45) is 0 Å². The largest absolute Gasteiger partial charge is 0.302 e. The van der Waals surface area contributed by atoms with Crippen LogP contribution in [0.5, 0.6) is 0 Å². The molecule has 0 saturated carbocycles. The second-order valence-corrected chi connectivity index (χ2v) is 9.34. The number of aromatic nitrogens is 1. The maximum Gasteiger partial charge on any atom is 0.226 e. The zero-order valence-corrected chi connectivity index (χ0v) is 16.3. The number of anilines is 1. The SMILES string of the molecule is Cc1cc(C)c2sc(NC(=O)CCCS(=O)(=O)c3ccccc3)nc2c1. The number of carbonyl (C=O) groups excluding carboxylic acids is 1. The third-order valence-corrected chi connectivity index (χ3v) is 6.92. The van der Waals surface area contributed by atoms with Crippen LogP contribution in [0.3, 0.4) is 0 Å². The van der Waals surface area contributed by atoms with Gasteiger partial charge in [-0.15, -0.1) is 0 Å². The lowest BCUT2D eigenvalue weighted by Gasteiger charge is -2.04. The topological polar surface area (TPSA) is 76.1 Å². The Labute approximate surface area is 157 Å². The first-order chi connectivity index (χ1) is 12.3. The first-order valence-corrected chi connectivity index (χ1v) is 10.8. The van der Waals surface area contributed by atoms with Gasteiger partial charge in [0, 0.05) is 6.42 Å².